The Morgan fingerprint density at radius 1 is 1.33 bits per heavy atom. The number of hydrogen-bond donors (Lipinski definition) is 1. The van der Waals surface area contributed by atoms with Gasteiger partial charge in [-0.25, -0.2) is 0 Å². The SMILES string of the molecule is CC1CCCN(C(=O)c2cncc(Nc3cccc(C#N)c3)c2)C1. The Kier molecular flexibility index (Phi) is 4.76. The number of aromatic nitrogens is 1. The lowest BCUT2D eigenvalue weighted by Crippen LogP contribution is -2.39. The fourth-order valence-electron chi connectivity index (χ4n) is 3.01. The van der Waals surface area contributed by atoms with Crippen molar-refractivity contribution in [3.63, 3.8) is 0 Å². The molecule has 2 heterocycles. The first-order chi connectivity index (χ1) is 11.7. The first-order valence-corrected chi connectivity index (χ1v) is 8.17. The van der Waals surface area contributed by atoms with Gasteiger partial charge in [-0.2, -0.15) is 5.26 Å². The maximum absolute atomic E-state index is 12.7. The van der Waals surface area contributed by atoms with Crippen LogP contribution in [0.2, 0.25) is 0 Å². The molecule has 1 aliphatic rings. The molecule has 1 atom stereocenters. The van der Waals surface area contributed by atoms with E-state index in [1.165, 1.54) is 6.42 Å². The largest absolute Gasteiger partial charge is 0.354 e. The number of likely N-dealkylation sites (tertiary alicyclic amines) is 1. The van der Waals surface area contributed by atoms with Crippen LogP contribution >= 0.6 is 0 Å². The molecule has 0 aliphatic carbocycles. The monoisotopic (exact) mass is 320 g/mol. The van der Waals surface area contributed by atoms with E-state index in [-0.39, 0.29) is 5.91 Å². The van der Waals surface area contributed by atoms with Gasteiger partial charge in [-0.3, -0.25) is 9.78 Å². The number of amides is 1. The van der Waals surface area contributed by atoms with Crippen LogP contribution in [-0.4, -0.2) is 28.9 Å². The van der Waals surface area contributed by atoms with Crippen LogP contribution in [-0.2, 0) is 0 Å². The number of anilines is 2. The molecule has 1 saturated heterocycles. The Bertz CT molecular complexity index is 781. The number of hydrogen-bond acceptors (Lipinski definition) is 4. The van der Waals surface area contributed by atoms with Crippen molar-refractivity contribution in [2.24, 2.45) is 5.92 Å². The lowest BCUT2D eigenvalue weighted by molar-refractivity contribution is 0.0682. The second kappa shape index (κ2) is 7.14. The van der Waals surface area contributed by atoms with Gasteiger partial charge in [-0.05, 0) is 43.0 Å². The average Bonchev–Trinajstić information content (AvgIpc) is 2.61. The van der Waals surface area contributed by atoms with Crippen molar-refractivity contribution >= 4 is 17.3 Å². The second-order valence-corrected chi connectivity index (χ2v) is 6.28. The average molecular weight is 320 g/mol. The van der Waals surface area contributed by atoms with Crippen LogP contribution in [0.15, 0.2) is 42.7 Å². The van der Waals surface area contributed by atoms with E-state index < -0.39 is 0 Å². The van der Waals surface area contributed by atoms with E-state index in [2.05, 4.69) is 23.3 Å². The third-order valence-corrected chi connectivity index (χ3v) is 4.21. The minimum Gasteiger partial charge on any atom is -0.354 e. The van der Waals surface area contributed by atoms with Gasteiger partial charge in [-0.15, -0.1) is 0 Å². The standard InChI is InChI=1S/C19H20N4O/c1-14-4-3-7-23(13-14)19(24)16-9-18(12-21-11-16)22-17-6-2-5-15(8-17)10-20/h2,5-6,8-9,11-12,14,22H,3-4,7,13H2,1H3. The Labute approximate surface area is 141 Å². The van der Waals surface area contributed by atoms with E-state index in [9.17, 15) is 4.79 Å². The summed E-state index contributed by atoms with van der Waals surface area (Å²) in [5.74, 6) is 0.578. The lowest BCUT2D eigenvalue weighted by Gasteiger charge is -2.31. The molecule has 1 aromatic heterocycles. The maximum Gasteiger partial charge on any atom is 0.255 e. The second-order valence-electron chi connectivity index (χ2n) is 6.28. The van der Waals surface area contributed by atoms with Crippen LogP contribution in [0.5, 0.6) is 0 Å². The molecule has 3 rings (SSSR count). The highest BCUT2D eigenvalue weighted by Crippen LogP contribution is 2.21. The van der Waals surface area contributed by atoms with Gasteiger partial charge in [0.25, 0.3) is 5.91 Å². The quantitative estimate of drug-likeness (QED) is 0.938. The predicted molar refractivity (Wildman–Crippen MR) is 93.0 cm³/mol. The topological polar surface area (TPSA) is 69.0 Å². The highest BCUT2D eigenvalue weighted by molar-refractivity contribution is 5.95. The van der Waals surface area contributed by atoms with Gasteiger partial charge in [0.15, 0.2) is 0 Å². The highest BCUT2D eigenvalue weighted by Gasteiger charge is 2.22. The van der Waals surface area contributed by atoms with Gasteiger partial charge >= 0.3 is 0 Å². The van der Waals surface area contributed by atoms with Crippen molar-refractivity contribution in [1.82, 2.24) is 9.88 Å². The zero-order valence-electron chi connectivity index (χ0n) is 13.7. The van der Waals surface area contributed by atoms with E-state index in [0.717, 1.165) is 30.9 Å². The van der Waals surface area contributed by atoms with Gasteiger partial charge in [0, 0.05) is 25.0 Å². The fourth-order valence-corrected chi connectivity index (χ4v) is 3.01. The highest BCUT2D eigenvalue weighted by atomic mass is 16.2. The minimum atomic E-state index is 0.0310. The predicted octanol–water partition coefficient (Wildman–Crippen LogP) is 3.57. The number of nitrogens with zero attached hydrogens (tertiary/aromatic N) is 3. The number of carbonyl (C=O) groups excluding carboxylic acids is 1. The number of rotatable bonds is 3. The minimum absolute atomic E-state index is 0.0310. The molecule has 2 aromatic rings. The summed E-state index contributed by atoms with van der Waals surface area (Å²) in [4.78, 5) is 18.8. The van der Waals surface area contributed by atoms with Crippen LogP contribution in [0.1, 0.15) is 35.7 Å². The maximum atomic E-state index is 12.7. The van der Waals surface area contributed by atoms with Gasteiger partial charge in [0.05, 0.1) is 29.1 Å². The first-order valence-electron chi connectivity index (χ1n) is 8.17. The summed E-state index contributed by atoms with van der Waals surface area (Å²) in [5, 5.41) is 12.2. The number of pyridine rings is 1. The van der Waals surface area contributed by atoms with Crippen molar-refractivity contribution in [2.45, 2.75) is 19.8 Å². The van der Waals surface area contributed by atoms with Gasteiger partial charge in [-0.1, -0.05) is 13.0 Å². The van der Waals surface area contributed by atoms with Gasteiger partial charge in [0.2, 0.25) is 0 Å². The van der Waals surface area contributed by atoms with Crippen LogP contribution in [0, 0.1) is 17.2 Å². The van der Waals surface area contributed by atoms with Gasteiger partial charge < -0.3 is 10.2 Å². The van der Waals surface area contributed by atoms with Gasteiger partial charge in [0.1, 0.15) is 0 Å². The van der Waals surface area contributed by atoms with Crippen molar-refractivity contribution < 1.29 is 4.79 Å². The van der Waals surface area contributed by atoms with Crippen molar-refractivity contribution in [1.29, 1.82) is 5.26 Å². The van der Waals surface area contributed by atoms with Crippen LogP contribution < -0.4 is 5.32 Å². The smallest absolute Gasteiger partial charge is 0.255 e. The van der Waals surface area contributed by atoms with E-state index in [1.54, 1.807) is 24.5 Å². The molecule has 24 heavy (non-hydrogen) atoms. The normalized spacial score (nSPS) is 17.2. The van der Waals surface area contributed by atoms with Crippen molar-refractivity contribution in [3.05, 3.63) is 53.9 Å². The molecule has 1 aromatic carbocycles. The molecule has 0 bridgehead atoms. The molecule has 122 valence electrons. The summed E-state index contributed by atoms with van der Waals surface area (Å²) >= 11 is 0. The molecule has 0 saturated carbocycles. The third kappa shape index (κ3) is 3.72. The third-order valence-electron chi connectivity index (χ3n) is 4.21. The number of piperidine rings is 1. The lowest BCUT2D eigenvalue weighted by atomic mass is 10.00. The Hall–Kier alpha value is -2.87. The Balaban J connectivity index is 1.76. The zero-order chi connectivity index (χ0) is 16.9. The molecule has 1 unspecified atom stereocenters. The number of nitrogens with one attached hydrogen (secondary N) is 1. The summed E-state index contributed by atoms with van der Waals surface area (Å²) in [5.41, 5.74) is 2.71. The number of carbonyl (C=O) groups is 1. The summed E-state index contributed by atoms with van der Waals surface area (Å²) in [7, 11) is 0. The van der Waals surface area contributed by atoms with Crippen molar-refractivity contribution in [2.75, 3.05) is 18.4 Å². The number of nitriles is 1. The summed E-state index contributed by atoms with van der Waals surface area (Å²) < 4.78 is 0. The Morgan fingerprint density at radius 2 is 2.21 bits per heavy atom. The first kappa shape index (κ1) is 16.0. The van der Waals surface area contributed by atoms with Crippen LogP contribution in [0.3, 0.4) is 0 Å². The molecule has 1 aliphatic heterocycles. The van der Waals surface area contributed by atoms with E-state index in [1.807, 2.05) is 23.1 Å². The van der Waals surface area contributed by atoms with Crippen LogP contribution in [0.25, 0.3) is 0 Å². The fraction of sp³-hybridized carbons (Fsp3) is 0.316. The summed E-state index contributed by atoms with van der Waals surface area (Å²) in [6.07, 6.45) is 5.52. The van der Waals surface area contributed by atoms with E-state index in [4.69, 9.17) is 5.26 Å². The summed E-state index contributed by atoms with van der Waals surface area (Å²) in [6.45, 7) is 3.80. The van der Waals surface area contributed by atoms with Crippen LogP contribution in [0.4, 0.5) is 11.4 Å². The molecule has 0 radical (unpaired) electrons. The van der Waals surface area contributed by atoms with E-state index >= 15 is 0 Å². The molecular formula is C19H20N4O. The van der Waals surface area contributed by atoms with Crippen molar-refractivity contribution in [3.8, 4) is 6.07 Å². The molecule has 0 spiro atoms. The molecule has 5 heteroatoms. The molecule has 1 amide bonds. The zero-order valence-corrected chi connectivity index (χ0v) is 13.7. The molecule has 1 fully saturated rings. The summed E-state index contributed by atoms with van der Waals surface area (Å²) in [6, 6.07) is 11.1. The number of benzene rings is 1. The molecule has 1 N–H and O–H groups in total. The van der Waals surface area contributed by atoms with E-state index in [0.29, 0.717) is 17.0 Å². The molecule has 5 nitrogen and oxygen atoms in total. The Morgan fingerprint density at radius 3 is 3.00 bits per heavy atom. The molecular weight excluding hydrogens is 300 g/mol.